The Bertz CT molecular complexity index is 1150. The number of hydrogen-bond acceptors (Lipinski definition) is 3. The minimum Gasteiger partial charge on any atom is -0.341 e. The zero-order chi connectivity index (χ0) is 20.0. The minimum atomic E-state index is 0.0939. The summed E-state index contributed by atoms with van der Waals surface area (Å²) in [6.07, 6.45) is 3.03. The largest absolute Gasteiger partial charge is 0.341 e. The fraction of sp³-hybridized carbons (Fsp3) is 0.333. The molecule has 3 aromatic rings. The highest BCUT2D eigenvalue weighted by Gasteiger charge is 2.36. The van der Waals surface area contributed by atoms with E-state index in [4.69, 9.17) is 0 Å². The predicted octanol–water partition coefficient (Wildman–Crippen LogP) is 3.98. The summed E-state index contributed by atoms with van der Waals surface area (Å²) in [6, 6.07) is 18.5. The first-order valence-corrected chi connectivity index (χ1v) is 11.5. The molecule has 29 heavy (non-hydrogen) atoms. The van der Waals surface area contributed by atoms with Crippen molar-refractivity contribution in [2.75, 3.05) is 25.1 Å². The molecular formula is C24H24N2O2S. The van der Waals surface area contributed by atoms with E-state index in [0.29, 0.717) is 18.2 Å². The molecule has 2 aliphatic rings. The molecule has 2 aliphatic heterocycles. The second kappa shape index (κ2) is 7.38. The highest BCUT2D eigenvalue weighted by Crippen LogP contribution is 2.36. The number of thioether (sulfide) groups is 1. The number of benzene rings is 2. The van der Waals surface area contributed by atoms with Crippen molar-refractivity contribution in [2.24, 2.45) is 5.92 Å². The lowest BCUT2D eigenvalue weighted by molar-refractivity contribution is -0.131. The van der Waals surface area contributed by atoms with Gasteiger partial charge in [-0.3, -0.25) is 9.59 Å². The Balaban J connectivity index is 1.51. The van der Waals surface area contributed by atoms with Crippen molar-refractivity contribution >= 4 is 28.4 Å². The molecule has 0 radical (unpaired) electrons. The molecule has 0 spiro atoms. The van der Waals surface area contributed by atoms with E-state index in [1.165, 1.54) is 5.39 Å². The van der Waals surface area contributed by atoms with Crippen molar-refractivity contribution in [3.63, 3.8) is 0 Å². The summed E-state index contributed by atoms with van der Waals surface area (Å²) in [5.74, 6) is 1.37. The van der Waals surface area contributed by atoms with E-state index < -0.39 is 0 Å². The fourth-order valence-electron chi connectivity index (χ4n) is 4.94. The highest BCUT2D eigenvalue weighted by molar-refractivity contribution is 7.99. The average molecular weight is 405 g/mol. The molecule has 3 heterocycles. The number of fused-ring (bicyclic) bond motifs is 5. The molecule has 0 saturated carbocycles. The molecule has 5 heteroatoms. The summed E-state index contributed by atoms with van der Waals surface area (Å²) in [7, 11) is 0. The smallest absolute Gasteiger partial charge is 0.258 e. The number of amides is 1. The van der Waals surface area contributed by atoms with Gasteiger partial charge >= 0.3 is 0 Å². The molecule has 148 valence electrons. The van der Waals surface area contributed by atoms with Gasteiger partial charge in [0.2, 0.25) is 5.91 Å². The highest BCUT2D eigenvalue weighted by atomic mass is 32.2. The predicted molar refractivity (Wildman–Crippen MR) is 119 cm³/mol. The van der Waals surface area contributed by atoms with Gasteiger partial charge in [0.15, 0.2) is 0 Å². The molecule has 1 aromatic heterocycles. The molecule has 2 bridgehead atoms. The number of carbonyl (C=O) groups is 1. The summed E-state index contributed by atoms with van der Waals surface area (Å²) in [5.41, 5.74) is 2.90. The maximum absolute atomic E-state index is 13.4. The Labute approximate surface area is 174 Å². The number of rotatable bonds is 3. The summed E-state index contributed by atoms with van der Waals surface area (Å²) in [5, 5.41) is 2.32. The van der Waals surface area contributed by atoms with Gasteiger partial charge in [-0.1, -0.05) is 36.4 Å². The minimum absolute atomic E-state index is 0.0939. The number of carbonyl (C=O) groups excluding carboxylic acids is 1. The van der Waals surface area contributed by atoms with Crippen LogP contribution in [0.2, 0.25) is 0 Å². The standard InChI is InChI=1S/C24H24N2O2S/c1-29-15-23(27)25-12-16-10-20(14-25)22-9-8-21(24(28)26(22)13-16)19-7-6-17-4-2-3-5-18(17)11-19/h2-9,11,16,20H,10,12-15H2,1H3. The molecule has 2 aromatic carbocycles. The maximum atomic E-state index is 13.4. The van der Waals surface area contributed by atoms with Gasteiger partial charge in [0, 0.05) is 36.8 Å². The van der Waals surface area contributed by atoms with Gasteiger partial charge < -0.3 is 9.47 Å². The Morgan fingerprint density at radius 2 is 1.86 bits per heavy atom. The number of aromatic nitrogens is 1. The third-order valence-corrected chi connectivity index (χ3v) is 6.82. The molecule has 1 fully saturated rings. The van der Waals surface area contributed by atoms with Crippen molar-refractivity contribution in [3.05, 3.63) is 70.6 Å². The van der Waals surface area contributed by atoms with Crippen molar-refractivity contribution in [3.8, 4) is 11.1 Å². The molecule has 1 amide bonds. The van der Waals surface area contributed by atoms with Gasteiger partial charge in [-0.2, -0.15) is 11.8 Å². The van der Waals surface area contributed by atoms with Crippen LogP contribution in [0.4, 0.5) is 0 Å². The Kier molecular flexibility index (Phi) is 4.70. The SMILES string of the molecule is CSCC(=O)N1CC2CC(C1)c1ccc(-c3ccc4ccccc4c3)c(=O)n1C2. The molecule has 0 aliphatic carbocycles. The summed E-state index contributed by atoms with van der Waals surface area (Å²) in [4.78, 5) is 27.8. The van der Waals surface area contributed by atoms with Crippen LogP contribution in [0.15, 0.2) is 59.4 Å². The average Bonchev–Trinajstić information content (AvgIpc) is 2.74. The first-order valence-electron chi connectivity index (χ1n) is 10.1. The van der Waals surface area contributed by atoms with Crippen LogP contribution < -0.4 is 5.56 Å². The lowest BCUT2D eigenvalue weighted by Gasteiger charge is -2.43. The summed E-state index contributed by atoms with van der Waals surface area (Å²) < 4.78 is 1.97. The Morgan fingerprint density at radius 3 is 2.69 bits per heavy atom. The van der Waals surface area contributed by atoms with Crippen molar-refractivity contribution < 1.29 is 4.79 Å². The van der Waals surface area contributed by atoms with E-state index in [-0.39, 0.29) is 17.4 Å². The number of likely N-dealkylation sites (tertiary alicyclic amines) is 1. The molecule has 2 unspecified atom stereocenters. The van der Waals surface area contributed by atoms with Gasteiger partial charge in [-0.05, 0) is 53.1 Å². The van der Waals surface area contributed by atoms with Crippen LogP contribution in [0.5, 0.6) is 0 Å². The number of piperidine rings is 1. The topological polar surface area (TPSA) is 42.3 Å². The van der Waals surface area contributed by atoms with Gasteiger partial charge in [0.25, 0.3) is 5.56 Å². The maximum Gasteiger partial charge on any atom is 0.258 e. The molecule has 2 atom stereocenters. The number of hydrogen-bond donors (Lipinski definition) is 0. The van der Waals surface area contributed by atoms with Gasteiger partial charge in [-0.25, -0.2) is 0 Å². The first kappa shape index (κ1) is 18.5. The van der Waals surface area contributed by atoms with Crippen molar-refractivity contribution in [1.82, 2.24) is 9.47 Å². The van der Waals surface area contributed by atoms with Crippen LogP contribution >= 0.6 is 11.8 Å². The van der Waals surface area contributed by atoms with Crippen LogP contribution in [0.25, 0.3) is 21.9 Å². The number of nitrogens with zero attached hydrogens (tertiary/aromatic N) is 2. The zero-order valence-electron chi connectivity index (χ0n) is 16.5. The monoisotopic (exact) mass is 404 g/mol. The quantitative estimate of drug-likeness (QED) is 0.663. The second-order valence-corrected chi connectivity index (χ2v) is 9.05. The van der Waals surface area contributed by atoms with E-state index in [2.05, 4.69) is 30.3 Å². The summed E-state index contributed by atoms with van der Waals surface area (Å²) in [6.45, 7) is 2.20. The zero-order valence-corrected chi connectivity index (χ0v) is 17.3. The molecular weight excluding hydrogens is 380 g/mol. The van der Waals surface area contributed by atoms with E-state index in [1.807, 2.05) is 40.0 Å². The molecule has 1 saturated heterocycles. The Hall–Kier alpha value is -2.53. The molecule has 4 nitrogen and oxygen atoms in total. The third-order valence-electron chi connectivity index (χ3n) is 6.29. The van der Waals surface area contributed by atoms with Crippen LogP contribution in [0.3, 0.4) is 0 Å². The normalized spacial score (nSPS) is 20.5. The van der Waals surface area contributed by atoms with Crippen molar-refractivity contribution in [2.45, 2.75) is 18.9 Å². The first-order chi connectivity index (χ1) is 14.1. The van der Waals surface area contributed by atoms with Gasteiger partial charge in [0.05, 0.1) is 5.75 Å². The fourth-order valence-corrected chi connectivity index (χ4v) is 5.37. The van der Waals surface area contributed by atoms with Crippen LogP contribution in [-0.2, 0) is 11.3 Å². The summed E-state index contributed by atoms with van der Waals surface area (Å²) >= 11 is 1.57. The van der Waals surface area contributed by atoms with Crippen LogP contribution in [0, 0.1) is 5.92 Å². The second-order valence-electron chi connectivity index (χ2n) is 8.18. The van der Waals surface area contributed by atoms with Crippen LogP contribution in [-0.4, -0.2) is 40.5 Å². The molecule has 5 rings (SSSR count). The Morgan fingerprint density at radius 1 is 1.03 bits per heavy atom. The third kappa shape index (κ3) is 3.27. The van der Waals surface area contributed by atoms with E-state index in [1.54, 1.807) is 11.8 Å². The molecule has 0 N–H and O–H groups in total. The van der Waals surface area contributed by atoms with Crippen molar-refractivity contribution in [1.29, 1.82) is 0 Å². The van der Waals surface area contributed by atoms with E-state index in [0.717, 1.165) is 41.7 Å². The van der Waals surface area contributed by atoms with E-state index >= 15 is 0 Å². The lowest BCUT2D eigenvalue weighted by Crippen LogP contribution is -2.49. The lowest BCUT2D eigenvalue weighted by atomic mass is 9.82. The number of pyridine rings is 1. The van der Waals surface area contributed by atoms with E-state index in [9.17, 15) is 9.59 Å². The van der Waals surface area contributed by atoms with Gasteiger partial charge in [-0.15, -0.1) is 0 Å². The van der Waals surface area contributed by atoms with Crippen LogP contribution in [0.1, 0.15) is 18.0 Å². The van der Waals surface area contributed by atoms with Gasteiger partial charge in [0.1, 0.15) is 0 Å².